The molecule has 0 aliphatic carbocycles. The molecule has 38 heavy (non-hydrogen) atoms. The molecule has 206 valence electrons. The standard InChI is InChI=1S/C29H39N3O6/c1-19-14-20(2)32(30-19)13-4-6-25(34)31-12-5-10-29(17-31)16-23-27(37-18-29)22-8-7-21(33)15-24(22)38-28(23,3)11-9-26(35)36/h7-8,14-15,23,27,33H,4-6,9-13,16-18H2,1-3H3,(H,35,36)/t23-,27+,28+,29-/m1/s1. The lowest BCUT2D eigenvalue weighted by Gasteiger charge is -2.55. The van der Waals surface area contributed by atoms with Crippen molar-refractivity contribution in [2.24, 2.45) is 11.3 Å². The third-order valence-electron chi connectivity index (χ3n) is 8.73. The number of fused-ring (bicyclic) bond motifs is 3. The summed E-state index contributed by atoms with van der Waals surface area (Å²) in [6, 6.07) is 7.12. The number of likely N-dealkylation sites (tertiary alicyclic amines) is 1. The number of carbonyl (C=O) groups is 2. The van der Waals surface area contributed by atoms with Gasteiger partial charge in [-0.25, -0.2) is 0 Å². The van der Waals surface area contributed by atoms with Gasteiger partial charge in [-0.2, -0.15) is 5.10 Å². The predicted molar refractivity (Wildman–Crippen MR) is 140 cm³/mol. The summed E-state index contributed by atoms with van der Waals surface area (Å²) in [6.07, 6.45) is 3.99. The molecule has 0 unspecified atom stereocenters. The Bertz CT molecular complexity index is 1210. The minimum Gasteiger partial charge on any atom is -0.508 e. The first-order valence-electron chi connectivity index (χ1n) is 13.7. The van der Waals surface area contributed by atoms with E-state index in [2.05, 4.69) is 5.10 Å². The lowest BCUT2D eigenvalue weighted by atomic mass is 9.64. The number of phenolic OH excluding ortho intramolecular Hbond substituents is 1. The second-order valence-corrected chi connectivity index (χ2v) is 11.7. The van der Waals surface area contributed by atoms with Gasteiger partial charge >= 0.3 is 5.97 Å². The van der Waals surface area contributed by atoms with Gasteiger partial charge in [0.2, 0.25) is 5.91 Å². The molecule has 0 bridgehead atoms. The van der Waals surface area contributed by atoms with Gasteiger partial charge in [0, 0.05) is 61.1 Å². The van der Waals surface area contributed by atoms with Gasteiger partial charge < -0.3 is 24.6 Å². The van der Waals surface area contributed by atoms with E-state index in [0.717, 1.165) is 55.7 Å². The maximum absolute atomic E-state index is 13.2. The summed E-state index contributed by atoms with van der Waals surface area (Å²) in [5.74, 6) is -0.0993. The fourth-order valence-corrected chi connectivity index (χ4v) is 6.77. The van der Waals surface area contributed by atoms with Crippen molar-refractivity contribution in [2.75, 3.05) is 19.7 Å². The summed E-state index contributed by atoms with van der Waals surface area (Å²) in [6.45, 7) is 8.64. The quantitative estimate of drug-likeness (QED) is 0.551. The van der Waals surface area contributed by atoms with Gasteiger partial charge in [0.15, 0.2) is 0 Å². The summed E-state index contributed by atoms with van der Waals surface area (Å²) in [4.78, 5) is 26.7. The van der Waals surface area contributed by atoms with Gasteiger partial charge in [0.25, 0.3) is 0 Å². The second kappa shape index (κ2) is 10.2. The number of ether oxygens (including phenoxy) is 2. The fraction of sp³-hybridized carbons (Fsp3) is 0.621. The molecule has 5 rings (SSSR count). The molecule has 2 N–H and O–H groups in total. The van der Waals surface area contributed by atoms with Crippen LogP contribution in [0, 0.1) is 25.2 Å². The molecule has 1 aromatic heterocycles. The number of aliphatic carboxylic acids is 1. The van der Waals surface area contributed by atoms with Gasteiger partial charge in [-0.15, -0.1) is 0 Å². The number of carbonyl (C=O) groups excluding carboxylic acids is 1. The van der Waals surface area contributed by atoms with Crippen molar-refractivity contribution in [3.63, 3.8) is 0 Å². The smallest absolute Gasteiger partial charge is 0.303 e. The lowest BCUT2D eigenvalue weighted by Crippen LogP contribution is -2.57. The Kier molecular flexibility index (Phi) is 7.15. The van der Waals surface area contributed by atoms with E-state index in [1.807, 2.05) is 42.5 Å². The van der Waals surface area contributed by atoms with Crippen LogP contribution in [-0.4, -0.2) is 62.1 Å². The van der Waals surface area contributed by atoms with Gasteiger partial charge in [-0.05, 0) is 71.1 Å². The second-order valence-electron chi connectivity index (χ2n) is 11.7. The van der Waals surface area contributed by atoms with Crippen LogP contribution in [0.1, 0.15) is 74.9 Å². The van der Waals surface area contributed by atoms with Crippen molar-refractivity contribution in [1.29, 1.82) is 0 Å². The van der Waals surface area contributed by atoms with Crippen molar-refractivity contribution in [2.45, 2.75) is 84.0 Å². The van der Waals surface area contributed by atoms with Crippen LogP contribution in [0.2, 0.25) is 0 Å². The van der Waals surface area contributed by atoms with Crippen LogP contribution in [0.25, 0.3) is 0 Å². The first-order chi connectivity index (χ1) is 18.1. The average molecular weight is 526 g/mol. The Morgan fingerprint density at radius 1 is 1.21 bits per heavy atom. The zero-order valence-electron chi connectivity index (χ0n) is 22.6. The highest BCUT2D eigenvalue weighted by Gasteiger charge is 2.55. The summed E-state index contributed by atoms with van der Waals surface area (Å²) in [5, 5.41) is 24.0. The molecule has 2 saturated heterocycles. The molecule has 4 heterocycles. The minimum absolute atomic E-state index is 0.0132. The summed E-state index contributed by atoms with van der Waals surface area (Å²) >= 11 is 0. The average Bonchev–Trinajstić information content (AvgIpc) is 3.19. The third-order valence-corrected chi connectivity index (χ3v) is 8.73. The van der Waals surface area contributed by atoms with Crippen LogP contribution in [0.15, 0.2) is 24.3 Å². The van der Waals surface area contributed by atoms with Crippen LogP contribution in [0.3, 0.4) is 0 Å². The van der Waals surface area contributed by atoms with E-state index in [-0.39, 0.29) is 35.5 Å². The molecule has 3 aliphatic rings. The normalized spacial score (nSPS) is 28.4. The highest BCUT2D eigenvalue weighted by Crippen LogP contribution is 2.56. The van der Waals surface area contributed by atoms with Crippen LogP contribution in [0.4, 0.5) is 0 Å². The number of piperidine rings is 1. The molecule has 2 fully saturated rings. The first kappa shape index (κ1) is 26.5. The zero-order valence-corrected chi connectivity index (χ0v) is 22.6. The lowest BCUT2D eigenvalue weighted by molar-refractivity contribution is -0.185. The number of hydrogen-bond acceptors (Lipinski definition) is 6. The van der Waals surface area contributed by atoms with Gasteiger partial charge in [-0.3, -0.25) is 14.3 Å². The van der Waals surface area contributed by atoms with Gasteiger partial charge in [-0.1, -0.05) is 0 Å². The van der Waals surface area contributed by atoms with Gasteiger partial charge in [0.1, 0.15) is 17.1 Å². The van der Waals surface area contributed by atoms with Crippen LogP contribution in [-0.2, 0) is 20.9 Å². The first-order valence-corrected chi connectivity index (χ1v) is 13.7. The number of phenols is 1. The summed E-state index contributed by atoms with van der Waals surface area (Å²) in [5.41, 5.74) is 2.04. The molecule has 9 nitrogen and oxygen atoms in total. The SMILES string of the molecule is Cc1cc(C)n(CCCC(=O)N2CCC[C@]3(CO[C@H]4c5ccc(O)cc5O[C@@](C)(CCC(=O)O)[C@@H]4C3)C2)n1. The Labute approximate surface area is 223 Å². The van der Waals surface area contributed by atoms with Crippen molar-refractivity contribution in [1.82, 2.24) is 14.7 Å². The number of aromatic nitrogens is 2. The van der Waals surface area contributed by atoms with Crippen LogP contribution < -0.4 is 4.74 Å². The van der Waals surface area contributed by atoms with E-state index in [1.54, 1.807) is 12.1 Å². The maximum atomic E-state index is 13.2. The van der Waals surface area contributed by atoms with Crippen LogP contribution >= 0.6 is 0 Å². The number of carboxylic acid groups (broad SMARTS) is 1. The Morgan fingerprint density at radius 2 is 2.03 bits per heavy atom. The molecular formula is C29H39N3O6. The van der Waals surface area contributed by atoms with E-state index in [9.17, 15) is 19.8 Å². The van der Waals surface area contributed by atoms with E-state index in [4.69, 9.17) is 9.47 Å². The number of benzene rings is 1. The van der Waals surface area contributed by atoms with Crippen molar-refractivity contribution >= 4 is 11.9 Å². The number of hydrogen-bond donors (Lipinski definition) is 2. The van der Waals surface area contributed by atoms with E-state index in [0.29, 0.717) is 31.7 Å². The monoisotopic (exact) mass is 525 g/mol. The number of rotatable bonds is 7. The maximum Gasteiger partial charge on any atom is 0.303 e. The molecular weight excluding hydrogens is 486 g/mol. The Morgan fingerprint density at radius 3 is 2.76 bits per heavy atom. The molecule has 9 heteroatoms. The Balaban J connectivity index is 1.30. The van der Waals surface area contributed by atoms with E-state index in [1.165, 1.54) is 0 Å². The van der Waals surface area contributed by atoms with E-state index < -0.39 is 11.6 Å². The molecule has 1 spiro atoms. The minimum atomic E-state index is -0.866. The topological polar surface area (TPSA) is 114 Å². The number of aryl methyl sites for hydroxylation is 3. The largest absolute Gasteiger partial charge is 0.508 e. The van der Waals surface area contributed by atoms with Crippen molar-refractivity contribution < 1.29 is 29.3 Å². The third kappa shape index (κ3) is 5.25. The summed E-state index contributed by atoms with van der Waals surface area (Å²) < 4.78 is 15.0. The van der Waals surface area contributed by atoms with Crippen molar-refractivity contribution in [3.05, 3.63) is 41.2 Å². The number of carboxylic acids is 1. The molecule has 0 saturated carbocycles. The number of nitrogens with zero attached hydrogens (tertiary/aromatic N) is 3. The van der Waals surface area contributed by atoms with Crippen LogP contribution in [0.5, 0.6) is 11.5 Å². The number of aromatic hydroxyl groups is 1. The van der Waals surface area contributed by atoms with Gasteiger partial charge in [0.05, 0.1) is 18.4 Å². The highest BCUT2D eigenvalue weighted by molar-refractivity contribution is 5.76. The number of amides is 1. The predicted octanol–water partition coefficient (Wildman–Crippen LogP) is 4.39. The molecule has 0 radical (unpaired) electrons. The molecule has 2 aromatic rings. The molecule has 4 atom stereocenters. The molecule has 3 aliphatic heterocycles. The Hall–Kier alpha value is -3.07. The fourth-order valence-electron chi connectivity index (χ4n) is 6.77. The zero-order chi connectivity index (χ0) is 27.1. The molecule has 1 aromatic carbocycles. The highest BCUT2D eigenvalue weighted by atomic mass is 16.5. The van der Waals surface area contributed by atoms with E-state index >= 15 is 0 Å². The molecule has 1 amide bonds. The van der Waals surface area contributed by atoms with Crippen molar-refractivity contribution in [3.8, 4) is 11.5 Å². The summed E-state index contributed by atoms with van der Waals surface area (Å²) in [7, 11) is 0.